The second-order valence-electron chi connectivity index (χ2n) is 6.66. The van der Waals surface area contributed by atoms with Gasteiger partial charge in [0.05, 0.1) is 12.2 Å². The van der Waals surface area contributed by atoms with Gasteiger partial charge in [0.1, 0.15) is 0 Å². The SMILES string of the molecule is CN=C(NCCNc1ccncc1)N1CC2C3CCC(O3)C2C1.I. The van der Waals surface area contributed by atoms with Crippen LogP contribution in [0.4, 0.5) is 5.69 Å². The van der Waals surface area contributed by atoms with Gasteiger partial charge in [-0.25, -0.2) is 0 Å². The Morgan fingerprint density at radius 2 is 1.88 bits per heavy atom. The molecule has 3 fully saturated rings. The first-order chi connectivity index (χ1) is 11.3. The molecule has 3 aliphatic heterocycles. The van der Waals surface area contributed by atoms with E-state index in [0.29, 0.717) is 24.0 Å². The largest absolute Gasteiger partial charge is 0.383 e. The molecule has 0 spiro atoms. The zero-order chi connectivity index (χ0) is 15.6. The molecule has 4 rings (SSSR count). The Bertz CT molecular complexity index is 551. The van der Waals surface area contributed by atoms with Crippen molar-refractivity contribution in [3.05, 3.63) is 24.5 Å². The van der Waals surface area contributed by atoms with E-state index in [-0.39, 0.29) is 24.0 Å². The van der Waals surface area contributed by atoms with Crippen molar-refractivity contribution in [1.82, 2.24) is 15.2 Å². The average molecular weight is 443 g/mol. The number of halogens is 1. The Labute approximate surface area is 160 Å². The molecule has 3 saturated heterocycles. The highest BCUT2D eigenvalue weighted by Crippen LogP contribution is 2.47. The molecule has 2 bridgehead atoms. The molecule has 1 aromatic heterocycles. The predicted molar refractivity (Wildman–Crippen MR) is 106 cm³/mol. The van der Waals surface area contributed by atoms with E-state index in [0.717, 1.165) is 37.8 Å². The third-order valence-corrected chi connectivity index (χ3v) is 5.38. The van der Waals surface area contributed by atoms with Crippen LogP contribution < -0.4 is 10.6 Å². The number of rotatable bonds is 4. The van der Waals surface area contributed by atoms with Crippen molar-refractivity contribution in [2.45, 2.75) is 25.0 Å². The maximum Gasteiger partial charge on any atom is 0.193 e. The third-order valence-electron chi connectivity index (χ3n) is 5.38. The van der Waals surface area contributed by atoms with Gasteiger partial charge in [0.2, 0.25) is 0 Å². The molecule has 4 unspecified atom stereocenters. The van der Waals surface area contributed by atoms with Gasteiger partial charge in [-0.2, -0.15) is 0 Å². The summed E-state index contributed by atoms with van der Waals surface area (Å²) in [6, 6.07) is 3.96. The fourth-order valence-electron chi connectivity index (χ4n) is 4.32. The molecule has 6 nitrogen and oxygen atoms in total. The number of pyridine rings is 1. The lowest BCUT2D eigenvalue weighted by Crippen LogP contribution is -2.42. The van der Waals surface area contributed by atoms with Gasteiger partial charge in [-0.15, -0.1) is 24.0 Å². The van der Waals surface area contributed by atoms with Gasteiger partial charge in [0.15, 0.2) is 5.96 Å². The number of aliphatic imine (C=N–C) groups is 1. The second-order valence-corrected chi connectivity index (χ2v) is 6.66. The molecule has 3 aliphatic rings. The Hall–Kier alpha value is -1.09. The summed E-state index contributed by atoms with van der Waals surface area (Å²) in [6.45, 7) is 3.88. The van der Waals surface area contributed by atoms with Crippen molar-refractivity contribution in [2.24, 2.45) is 16.8 Å². The van der Waals surface area contributed by atoms with Crippen molar-refractivity contribution in [2.75, 3.05) is 38.5 Å². The molecule has 2 N–H and O–H groups in total. The summed E-state index contributed by atoms with van der Waals surface area (Å²) >= 11 is 0. The van der Waals surface area contributed by atoms with Crippen molar-refractivity contribution in [3.8, 4) is 0 Å². The number of guanidine groups is 1. The van der Waals surface area contributed by atoms with Crippen LogP contribution >= 0.6 is 24.0 Å². The highest BCUT2D eigenvalue weighted by Gasteiger charge is 2.53. The normalized spacial score (nSPS) is 30.9. The van der Waals surface area contributed by atoms with Crippen LogP contribution in [0.2, 0.25) is 0 Å². The number of nitrogens with one attached hydrogen (secondary N) is 2. The lowest BCUT2D eigenvalue weighted by atomic mass is 9.82. The van der Waals surface area contributed by atoms with Crippen LogP contribution in [0, 0.1) is 11.8 Å². The molecule has 0 amide bonds. The smallest absolute Gasteiger partial charge is 0.193 e. The first kappa shape index (κ1) is 17.7. The summed E-state index contributed by atoms with van der Waals surface area (Å²) in [6.07, 6.45) is 7.11. The molecule has 0 aliphatic carbocycles. The first-order valence-electron chi connectivity index (χ1n) is 8.60. The second kappa shape index (κ2) is 7.86. The van der Waals surface area contributed by atoms with Gasteiger partial charge in [-0.3, -0.25) is 9.98 Å². The molecule has 0 aromatic carbocycles. The number of fused-ring (bicyclic) bond motifs is 5. The van der Waals surface area contributed by atoms with Crippen LogP contribution in [0.15, 0.2) is 29.5 Å². The van der Waals surface area contributed by atoms with Gasteiger partial charge in [-0.1, -0.05) is 0 Å². The highest BCUT2D eigenvalue weighted by molar-refractivity contribution is 14.0. The standard InChI is InChI=1S/C17H25N5O.HI/c1-18-17(21-9-8-20-12-4-6-19-7-5-12)22-10-13-14(11-22)16-3-2-15(13)23-16;/h4-7,13-16H,2-3,8-11H2,1H3,(H,18,21)(H,19,20);1H. The first-order valence-corrected chi connectivity index (χ1v) is 8.60. The summed E-state index contributed by atoms with van der Waals surface area (Å²) in [5.41, 5.74) is 1.10. The molecule has 1 aromatic rings. The average Bonchev–Trinajstić information content (AvgIpc) is 3.29. The van der Waals surface area contributed by atoms with Crippen molar-refractivity contribution in [1.29, 1.82) is 0 Å². The maximum atomic E-state index is 6.05. The minimum absolute atomic E-state index is 0. The van der Waals surface area contributed by atoms with Crippen LogP contribution in [0.3, 0.4) is 0 Å². The Balaban J connectivity index is 0.00000169. The van der Waals surface area contributed by atoms with E-state index in [1.54, 1.807) is 12.4 Å². The van der Waals surface area contributed by atoms with Gasteiger partial charge >= 0.3 is 0 Å². The fraction of sp³-hybridized carbons (Fsp3) is 0.647. The summed E-state index contributed by atoms with van der Waals surface area (Å²) in [5.74, 6) is 2.44. The fourth-order valence-corrected chi connectivity index (χ4v) is 4.32. The molecule has 4 atom stereocenters. The molecular formula is C17H26IN5O. The summed E-state index contributed by atoms with van der Waals surface area (Å²) in [5, 5.41) is 6.86. The summed E-state index contributed by atoms with van der Waals surface area (Å²) in [4.78, 5) is 10.9. The van der Waals surface area contributed by atoms with Crippen LogP contribution in [0.1, 0.15) is 12.8 Å². The summed E-state index contributed by atoms with van der Waals surface area (Å²) in [7, 11) is 1.87. The highest BCUT2D eigenvalue weighted by atomic mass is 127. The van der Waals surface area contributed by atoms with E-state index in [2.05, 4.69) is 25.5 Å². The molecule has 0 saturated carbocycles. The quantitative estimate of drug-likeness (QED) is 0.322. The number of likely N-dealkylation sites (tertiary alicyclic amines) is 1. The monoisotopic (exact) mass is 443 g/mol. The van der Waals surface area contributed by atoms with Crippen molar-refractivity contribution >= 4 is 35.6 Å². The van der Waals surface area contributed by atoms with E-state index >= 15 is 0 Å². The molecule has 0 radical (unpaired) electrons. The Morgan fingerprint density at radius 1 is 1.21 bits per heavy atom. The minimum Gasteiger partial charge on any atom is -0.383 e. The van der Waals surface area contributed by atoms with Gasteiger partial charge in [0, 0.05) is 63.1 Å². The molecule has 7 heteroatoms. The van der Waals surface area contributed by atoms with Gasteiger partial charge < -0.3 is 20.3 Å². The van der Waals surface area contributed by atoms with E-state index < -0.39 is 0 Å². The number of hydrogen-bond donors (Lipinski definition) is 2. The van der Waals surface area contributed by atoms with Crippen LogP contribution in [0.25, 0.3) is 0 Å². The van der Waals surface area contributed by atoms with Crippen LogP contribution in [-0.2, 0) is 4.74 Å². The van der Waals surface area contributed by atoms with Crippen molar-refractivity contribution < 1.29 is 4.74 Å². The topological polar surface area (TPSA) is 61.8 Å². The number of anilines is 1. The lowest BCUT2D eigenvalue weighted by Gasteiger charge is -2.23. The van der Waals surface area contributed by atoms with Gasteiger partial charge in [0.25, 0.3) is 0 Å². The molecule has 4 heterocycles. The zero-order valence-electron chi connectivity index (χ0n) is 14.0. The Morgan fingerprint density at radius 3 is 2.50 bits per heavy atom. The molecule has 132 valence electrons. The number of ether oxygens (including phenoxy) is 1. The molecular weight excluding hydrogens is 417 g/mol. The van der Waals surface area contributed by atoms with Crippen LogP contribution in [0.5, 0.6) is 0 Å². The Kier molecular flexibility index (Phi) is 5.80. The van der Waals surface area contributed by atoms with Crippen molar-refractivity contribution in [3.63, 3.8) is 0 Å². The van der Waals surface area contributed by atoms with E-state index in [1.807, 2.05) is 19.2 Å². The number of hydrogen-bond acceptors (Lipinski definition) is 4. The number of nitrogens with zero attached hydrogens (tertiary/aromatic N) is 3. The maximum absolute atomic E-state index is 6.05. The van der Waals surface area contributed by atoms with E-state index in [1.165, 1.54) is 12.8 Å². The third kappa shape index (κ3) is 3.46. The predicted octanol–water partition coefficient (Wildman–Crippen LogP) is 1.80. The summed E-state index contributed by atoms with van der Waals surface area (Å²) < 4.78 is 6.05. The zero-order valence-corrected chi connectivity index (χ0v) is 16.3. The minimum atomic E-state index is 0. The number of aromatic nitrogens is 1. The molecule has 24 heavy (non-hydrogen) atoms. The van der Waals surface area contributed by atoms with E-state index in [4.69, 9.17) is 4.74 Å². The lowest BCUT2D eigenvalue weighted by molar-refractivity contribution is 0.0767. The van der Waals surface area contributed by atoms with Crippen LogP contribution in [-0.4, -0.2) is 61.3 Å². The van der Waals surface area contributed by atoms with E-state index in [9.17, 15) is 0 Å². The van der Waals surface area contributed by atoms with Gasteiger partial charge in [-0.05, 0) is 25.0 Å².